The molecule has 5 heterocycles. The monoisotopic (exact) mass is 422 g/mol. The number of aromatic nitrogens is 7. The molecule has 5 rings (SSSR count). The zero-order valence-corrected chi connectivity index (χ0v) is 18.1. The summed E-state index contributed by atoms with van der Waals surface area (Å²) in [6.45, 7) is 4.25. The number of aryl methyl sites for hydroxylation is 1. The summed E-state index contributed by atoms with van der Waals surface area (Å²) in [4.78, 5) is 13.5. The van der Waals surface area contributed by atoms with Gasteiger partial charge in [-0.05, 0) is 47.9 Å². The minimum absolute atomic E-state index is 0.372. The Hall–Kier alpha value is -4.20. The number of pyridine rings is 3. The van der Waals surface area contributed by atoms with Gasteiger partial charge in [0.25, 0.3) is 0 Å². The smallest absolute Gasteiger partial charge is 0.154 e. The molecule has 5 aromatic rings. The fourth-order valence-electron chi connectivity index (χ4n) is 3.54. The summed E-state index contributed by atoms with van der Waals surface area (Å²) in [5.41, 5.74) is 6.54. The Labute approximate surface area is 185 Å². The van der Waals surface area contributed by atoms with Gasteiger partial charge < -0.3 is 5.32 Å². The minimum Gasteiger partial charge on any atom is -0.323 e. The maximum absolute atomic E-state index is 4.76. The standard InChI is InChI=1S/C24H22N8/c1-15(2)17-11-23(30-27-13-17)29-22-5-4-20-21(28-22)10-18(12-26-20)19-14-32(3)31-24(19)16-6-8-25-9-7-16/h4-15H,1-3H3,(H,28,29,30). The van der Waals surface area contributed by atoms with E-state index in [0.717, 1.165) is 39.0 Å². The molecule has 0 aromatic carbocycles. The van der Waals surface area contributed by atoms with Crippen LogP contribution in [0.4, 0.5) is 11.6 Å². The first kappa shape index (κ1) is 19.7. The molecule has 5 aromatic heterocycles. The molecule has 0 amide bonds. The molecule has 0 aliphatic heterocycles. The van der Waals surface area contributed by atoms with Crippen molar-refractivity contribution in [2.45, 2.75) is 19.8 Å². The lowest BCUT2D eigenvalue weighted by molar-refractivity contribution is 0.771. The average Bonchev–Trinajstić information content (AvgIpc) is 3.21. The van der Waals surface area contributed by atoms with Crippen LogP contribution in [0.2, 0.25) is 0 Å². The van der Waals surface area contributed by atoms with Crippen molar-refractivity contribution >= 4 is 22.7 Å². The number of hydrogen-bond donors (Lipinski definition) is 1. The molecule has 0 saturated carbocycles. The molecule has 0 fully saturated rings. The number of rotatable bonds is 5. The van der Waals surface area contributed by atoms with Crippen LogP contribution in [0.5, 0.6) is 0 Å². The van der Waals surface area contributed by atoms with Gasteiger partial charge in [0, 0.05) is 48.5 Å². The Morgan fingerprint density at radius 3 is 2.56 bits per heavy atom. The third-order valence-electron chi connectivity index (χ3n) is 5.23. The highest BCUT2D eigenvalue weighted by Crippen LogP contribution is 2.31. The van der Waals surface area contributed by atoms with Crippen molar-refractivity contribution < 1.29 is 0 Å². The number of nitrogens with one attached hydrogen (secondary N) is 1. The molecule has 158 valence electrons. The van der Waals surface area contributed by atoms with Crippen molar-refractivity contribution in [1.82, 2.24) is 34.9 Å². The van der Waals surface area contributed by atoms with E-state index in [1.807, 2.05) is 55.8 Å². The van der Waals surface area contributed by atoms with Crippen molar-refractivity contribution in [1.29, 1.82) is 0 Å². The van der Waals surface area contributed by atoms with E-state index in [1.165, 1.54) is 0 Å². The van der Waals surface area contributed by atoms with Gasteiger partial charge >= 0.3 is 0 Å². The Morgan fingerprint density at radius 1 is 0.906 bits per heavy atom. The highest BCUT2D eigenvalue weighted by Gasteiger charge is 2.14. The second-order valence-corrected chi connectivity index (χ2v) is 7.91. The first-order valence-corrected chi connectivity index (χ1v) is 10.4. The van der Waals surface area contributed by atoms with Gasteiger partial charge in [-0.2, -0.15) is 10.2 Å². The van der Waals surface area contributed by atoms with E-state index in [2.05, 4.69) is 44.4 Å². The zero-order chi connectivity index (χ0) is 22.1. The van der Waals surface area contributed by atoms with Gasteiger partial charge in [0.15, 0.2) is 5.82 Å². The van der Waals surface area contributed by atoms with Crippen molar-refractivity contribution in [3.63, 3.8) is 0 Å². The number of anilines is 2. The normalized spacial score (nSPS) is 11.2. The molecule has 0 radical (unpaired) electrons. The number of nitrogens with zero attached hydrogens (tertiary/aromatic N) is 7. The maximum Gasteiger partial charge on any atom is 0.154 e. The van der Waals surface area contributed by atoms with Crippen molar-refractivity contribution in [3.05, 3.63) is 72.9 Å². The summed E-state index contributed by atoms with van der Waals surface area (Å²) in [7, 11) is 1.91. The average molecular weight is 422 g/mol. The van der Waals surface area contributed by atoms with Crippen LogP contribution in [-0.4, -0.2) is 34.9 Å². The Kier molecular flexibility index (Phi) is 5.03. The number of fused-ring (bicyclic) bond motifs is 1. The molecule has 0 spiro atoms. The molecular formula is C24H22N8. The van der Waals surface area contributed by atoms with Gasteiger partial charge in [0.2, 0.25) is 0 Å². The Bertz CT molecular complexity index is 1390. The second kappa shape index (κ2) is 8.14. The molecule has 0 unspecified atom stereocenters. The minimum atomic E-state index is 0.372. The van der Waals surface area contributed by atoms with Gasteiger partial charge in [-0.15, -0.1) is 5.10 Å². The van der Waals surface area contributed by atoms with Gasteiger partial charge in [-0.3, -0.25) is 14.6 Å². The summed E-state index contributed by atoms with van der Waals surface area (Å²) in [5.74, 6) is 1.73. The van der Waals surface area contributed by atoms with Crippen LogP contribution < -0.4 is 5.32 Å². The van der Waals surface area contributed by atoms with E-state index in [9.17, 15) is 0 Å². The molecule has 0 aliphatic carbocycles. The summed E-state index contributed by atoms with van der Waals surface area (Å²) >= 11 is 0. The highest BCUT2D eigenvalue weighted by molar-refractivity contribution is 5.86. The van der Waals surface area contributed by atoms with E-state index < -0.39 is 0 Å². The molecular weight excluding hydrogens is 400 g/mol. The third kappa shape index (κ3) is 3.90. The van der Waals surface area contributed by atoms with Crippen LogP contribution in [0.3, 0.4) is 0 Å². The molecule has 0 bridgehead atoms. The predicted octanol–water partition coefficient (Wildman–Crippen LogP) is 4.75. The van der Waals surface area contributed by atoms with Gasteiger partial charge in [0.1, 0.15) is 11.5 Å². The molecule has 0 saturated heterocycles. The van der Waals surface area contributed by atoms with Crippen molar-refractivity contribution in [2.24, 2.45) is 7.05 Å². The van der Waals surface area contributed by atoms with E-state index in [4.69, 9.17) is 4.98 Å². The first-order valence-electron chi connectivity index (χ1n) is 10.4. The first-order chi connectivity index (χ1) is 15.6. The van der Waals surface area contributed by atoms with Gasteiger partial charge in [-0.1, -0.05) is 13.8 Å². The molecule has 8 heteroatoms. The van der Waals surface area contributed by atoms with Crippen LogP contribution in [0.15, 0.2) is 67.4 Å². The summed E-state index contributed by atoms with van der Waals surface area (Å²) < 4.78 is 1.81. The van der Waals surface area contributed by atoms with Crippen molar-refractivity contribution in [3.8, 4) is 22.4 Å². The summed E-state index contributed by atoms with van der Waals surface area (Å²) in [5, 5.41) is 16.2. The van der Waals surface area contributed by atoms with Crippen LogP contribution in [0.25, 0.3) is 33.4 Å². The Morgan fingerprint density at radius 2 is 1.75 bits per heavy atom. The largest absolute Gasteiger partial charge is 0.323 e. The molecule has 32 heavy (non-hydrogen) atoms. The lowest BCUT2D eigenvalue weighted by atomic mass is 10.0. The van der Waals surface area contributed by atoms with E-state index >= 15 is 0 Å². The van der Waals surface area contributed by atoms with E-state index in [0.29, 0.717) is 17.6 Å². The summed E-state index contributed by atoms with van der Waals surface area (Å²) in [6, 6.07) is 11.8. The SMILES string of the molecule is CC(C)c1cnnc(Nc2ccc3ncc(-c4cn(C)nc4-c4ccncc4)cc3n2)c1. The van der Waals surface area contributed by atoms with Crippen molar-refractivity contribution in [2.75, 3.05) is 5.32 Å². The molecule has 1 N–H and O–H groups in total. The summed E-state index contributed by atoms with van der Waals surface area (Å²) in [6.07, 6.45) is 9.17. The molecule has 8 nitrogen and oxygen atoms in total. The van der Waals surface area contributed by atoms with Crippen LogP contribution >= 0.6 is 0 Å². The third-order valence-corrected chi connectivity index (χ3v) is 5.23. The van der Waals surface area contributed by atoms with E-state index in [1.54, 1.807) is 23.3 Å². The van der Waals surface area contributed by atoms with E-state index in [-0.39, 0.29) is 0 Å². The fraction of sp³-hybridized carbons (Fsp3) is 0.167. The molecule has 0 aliphatic rings. The van der Waals surface area contributed by atoms with Gasteiger partial charge in [-0.25, -0.2) is 4.98 Å². The van der Waals surface area contributed by atoms with Gasteiger partial charge in [0.05, 0.1) is 17.2 Å². The Balaban J connectivity index is 1.52. The lowest BCUT2D eigenvalue weighted by Crippen LogP contribution is -2.00. The fourth-order valence-corrected chi connectivity index (χ4v) is 3.54. The van der Waals surface area contributed by atoms with Crippen LogP contribution in [-0.2, 0) is 7.05 Å². The topological polar surface area (TPSA) is 94.3 Å². The quantitative estimate of drug-likeness (QED) is 0.437. The lowest BCUT2D eigenvalue weighted by Gasteiger charge is -2.09. The zero-order valence-electron chi connectivity index (χ0n) is 18.1. The predicted molar refractivity (Wildman–Crippen MR) is 124 cm³/mol. The van der Waals surface area contributed by atoms with Crippen LogP contribution in [0, 0.1) is 0 Å². The highest BCUT2D eigenvalue weighted by atomic mass is 15.3. The number of hydrogen-bond acceptors (Lipinski definition) is 7. The maximum atomic E-state index is 4.76. The van der Waals surface area contributed by atoms with Crippen LogP contribution in [0.1, 0.15) is 25.3 Å². The second-order valence-electron chi connectivity index (χ2n) is 7.91. The molecule has 0 atom stereocenters.